The van der Waals surface area contributed by atoms with Gasteiger partial charge in [-0.1, -0.05) is 20.8 Å². The Morgan fingerprint density at radius 2 is 1.95 bits per heavy atom. The van der Waals surface area contributed by atoms with E-state index in [2.05, 4.69) is 0 Å². The van der Waals surface area contributed by atoms with Crippen LogP contribution < -0.4 is 11.5 Å². The minimum absolute atomic E-state index is 0.116. The van der Waals surface area contributed by atoms with Gasteiger partial charge in [0.1, 0.15) is 0 Å². The molecule has 1 aromatic rings. The monoisotopic (exact) mass is 281 g/mol. The summed E-state index contributed by atoms with van der Waals surface area (Å²) in [5.41, 5.74) is 12.2. The predicted octanol–water partition coefficient (Wildman–Crippen LogP) is 1.36. The molecule has 0 atom stereocenters. The van der Waals surface area contributed by atoms with Crippen molar-refractivity contribution >= 4 is 28.2 Å². The van der Waals surface area contributed by atoms with E-state index in [9.17, 15) is 9.59 Å². The van der Waals surface area contributed by atoms with Gasteiger partial charge in [0.25, 0.3) is 5.91 Å². The first-order chi connectivity index (χ1) is 8.71. The van der Waals surface area contributed by atoms with E-state index in [4.69, 9.17) is 11.5 Å². The first-order valence-electron chi connectivity index (χ1n) is 6.21. The summed E-state index contributed by atoms with van der Waals surface area (Å²) in [7, 11) is 0. The number of nitrogen functional groups attached to an aromatic ring is 1. The Balaban J connectivity index is 2.29. The van der Waals surface area contributed by atoms with Gasteiger partial charge in [0.2, 0.25) is 5.91 Å². The third-order valence-corrected chi connectivity index (χ3v) is 4.31. The van der Waals surface area contributed by atoms with Crippen LogP contribution in [0.4, 0.5) is 5.00 Å². The second-order valence-corrected chi connectivity index (χ2v) is 6.97. The third kappa shape index (κ3) is 2.45. The SMILES string of the molecule is CC(C)(C)C(=O)N1CCc2c(sc(N)c2C(N)=O)C1. The van der Waals surface area contributed by atoms with Crippen LogP contribution >= 0.6 is 11.3 Å². The number of carbonyl (C=O) groups is 2. The minimum Gasteiger partial charge on any atom is -0.390 e. The Kier molecular flexibility index (Phi) is 3.30. The van der Waals surface area contributed by atoms with Crippen LogP contribution in [-0.2, 0) is 17.8 Å². The molecule has 0 unspecified atom stereocenters. The highest BCUT2D eigenvalue weighted by molar-refractivity contribution is 7.16. The molecule has 0 saturated carbocycles. The summed E-state index contributed by atoms with van der Waals surface area (Å²) < 4.78 is 0. The average molecular weight is 281 g/mol. The van der Waals surface area contributed by atoms with E-state index in [1.807, 2.05) is 25.7 Å². The zero-order valence-electron chi connectivity index (χ0n) is 11.4. The summed E-state index contributed by atoms with van der Waals surface area (Å²) in [6.45, 7) is 6.85. The average Bonchev–Trinajstić information content (AvgIpc) is 2.61. The highest BCUT2D eigenvalue weighted by atomic mass is 32.1. The van der Waals surface area contributed by atoms with Crippen molar-refractivity contribution in [1.29, 1.82) is 0 Å². The maximum Gasteiger partial charge on any atom is 0.251 e. The molecule has 5 nitrogen and oxygen atoms in total. The van der Waals surface area contributed by atoms with Crippen molar-refractivity contribution < 1.29 is 9.59 Å². The lowest BCUT2D eigenvalue weighted by Crippen LogP contribution is -2.42. The molecule has 2 amide bonds. The summed E-state index contributed by atoms with van der Waals surface area (Å²) in [5, 5.41) is 0.461. The van der Waals surface area contributed by atoms with Crippen molar-refractivity contribution in [1.82, 2.24) is 4.90 Å². The number of primary amides is 1. The van der Waals surface area contributed by atoms with Gasteiger partial charge in [0.15, 0.2) is 0 Å². The Bertz CT molecular complexity index is 543. The van der Waals surface area contributed by atoms with Crippen molar-refractivity contribution in [2.24, 2.45) is 11.1 Å². The zero-order valence-corrected chi connectivity index (χ0v) is 12.3. The van der Waals surface area contributed by atoms with Gasteiger partial charge in [-0.3, -0.25) is 9.59 Å². The van der Waals surface area contributed by atoms with Crippen LogP contribution in [0.3, 0.4) is 0 Å². The van der Waals surface area contributed by atoms with Crippen molar-refractivity contribution in [2.45, 2.75) is 33.7 Å². The van der Waals surface area contributed by atoms with Gasteiger partial charge in [-0.15, -0.1) is 11.3 Å². The first kappa shape index (κ1) is 13.9. The lowest BCUT2D eigenvalue weighted by atomic mass is 9.93. The summed E-state index contributed by atoms with van der Waals surface area (Å²) >= 11 is 1.36. The molecule has 19 heavy (non-hydrogen) atoms. The van der Waals surface area contributed by atoms with Crippen LogP contribution in [-0.4, -0.2) is 23.3 Å². The highest BCUT2D eigenvalue weighted by Gasteiger charge is 2.32. The molecular weight excluding hydrogens is 262 g/mol. The molecule has 4 N–H and O–H groups in total. The summed E-state index contributed by atoms with van der Waals surface area (Å²) in [6.07, 6.45) is 0.642. The standard InChI is InChI=1S/C13H19N3O2S/c1-13(2,3)12(18)16-5-4-7-8(6-16)19-11(15)9(7)10(14)17/h4-6,15H2,1-3H3,(H2,14,17). The predicted molar refractivity (Wildman–Crippen MR) is 75.8 cm³/mol. The number of thiophene rings is 1. The van der Waals surface area contributed by atoms with Crippen molar-refractivity contribution in [2.75, 3.05) is 12.3 Å². The molecule has 0 saturated heterocycles. The molecule has 2 heterocycles. The van der Waals surface area contributed by atoms with E-state index in [1.165, 1.54) is 11.3 Å². The molecule has 1 aliphatic rings. The fourth-order valence-electron chi connectivity index (χ4n) is 2.34. The normalized spacial score (nSPS) is 15.2. The topological polar surface area (TPSA) is 89.4 Å². The third-order valence-electron chi connectivity index (χ3n) is 3.26. The van der Waals surface area contributed by atoms with Gasteiger partial charge in [0, 0.05) is 16.8 Å². The molecule has 0 aliphatic carbocycles. The van der Waals surface area contributed by atoms with Crippen LogP contribution in [0.25, 0.3) is 0 Å². The fourth-order valence-corrected chi connectivity index (χ4v) is 3.48. The second kappa shape index (κ2) is 4.52. The number of nitrogens with two attached hydrogens (primary N) is 2. The van der Waals surface area contributed by atoms with Crippen LogP contribution in [0, 0.1) is 5.41 Å². The van der Waals surface area contributed by atoms with Gasteiger partial charge in [-0.2, -0.15) is 0 Å². The molecule has 104 valence electrons. The Morgan fingerprint density at radius 3 is 2.47 bits per heavy atom. The van der Waals surface area contributed by atoms with Crippen LogP contribution in [0.1, 0.15) is 41.6 Å². The number of carbonyl (C=O) groups excluding carboxylic acids is 2. The molecule has 0 spiro atoms. The fraction of sp³-hybridized carbons (Fsp3) is 0.538. The highest BCUT2D eigenvalue weighted by Crippen LogP contribution is 2.35. The van der Waals surface area contributed by atoms with E-state index >= 15 is 0 Å². The number of hydrogen-bond donors (Lipinski definition) is 2. The lowest BCUT2D eigenvalue weighted by Gasteiger charge is -2.32. The molecule has 0 radical (unpaired) electrons. The Labute approximate surface area is 116 Å². The maximum absolute atomic E-state index is 12.3. The molecule has 0 fully saturated rings. The summed E-state index contributed by atoms with van der Waals surface area (Å²) in [6, 6.07) is 0. The Hall–Kier alpha value is -1.56. The summed E-state index contributed by atoms with van der Waals surface area (Å²) in [5.74, 6) is -0.364. The largest absolute Gasteiger partial charge is 0.390 e. The van der Waals surface area contributed by atoms with Crippen molar-refractivity contribution in [3.63, 3.8) is 0 Å². The number of rotatable bonds is 1. The molecule has 2 rings (SSSR count). The minimum atomic E-state index is -0.481. The number of amides is 2. The van der Waals surface area contributed by atoms with Crippen LogP contribution in [0.5, 0.6) is 0 Å². The van der Waals surface area contributed by atoms with E-state index in [-0.39, 0.29) is 5.91 Å². The number of hydrogen-bond acceptors (Lipinski definition) is 4. The quantitative estimate of drug-likeness (QED) is 0.814. The number of nitrogens with zero attached hydrogens (tertiary/aromatic N) is 1. The molecule has 0 aromatic carbocycles. The van der Waals surface area contributed by atoms with Gasteiger partial charge < -0.3 is 16.4 Å². The van der Waals surface area contributed by atoms with Crippen LogP contribution in [0.15, 0.2) is 0 Å². The number of anilines is 1. The van der Waals surface area contributed by atoms with E-state index in [1.54, 1.807) is 0 Å². The molecule has 1 aliphatic heterocycles. The number of fused-ring (bicyclic) bond motifs is 1. The first-order valence-corrected chi connectivity index (χ1v) is 7.02. The zero-order chi connectivity index (χ0) is 14.4. The van der Waals surface area contributed by atoms with Crippen molar-refractivity contribution in [3.8, 4) is 0 Å². The van der Waals surface area contributed by atoms with Gasteiger partial charge in [-0.05, 0) is 12.0 Å². The van der Waals surface area contributed by atoms with E-state index in [0.717, 1.165) is 10.4 Å². The van der Waals surface area contributed by atoms with E-state index < -0.39 is 11.3 Å². The molecule has 0 bridgehead atoms. The van der Waals surface area contributed by atoms with E-state index in [0.29, 0.717) is 30.1 Å². The van der Waals surface area contributed by atoms with Crippen LogP contribution in [0.2, 0.25) is 0 Å². The molecule has 1 aromatic heterocycles. The van der Waals surface area contributed by atoms with Gasteiger partial charge in [0.05, 0.1) is 17.1 Å². The molecule has 6 heteroatoms. The van der Waals surface area contributed by atoms with Gasteiger partial charge >= 0.3 is 0 Å². The summed E-state index contributed by atoms with van der Waals surface area (Å²) in [4.78, 5) is 26.5. The van der Waals surface area contributed by atoms with Gasteiger partial charge in [-0.25, -0.2) is 0 Å². The smallest absolute Gasteiger partial charge is 0.251 e. The lowest BCUT2D eigenvalue weighted by molar-refractivity contribution is -0.140. The maximum atomic E-state index is 12.3. The Morgan fingerprint density at radius 1 is 1.32 bits per heavy atom. The van der Waals surface area contributed by atoms with Crippen molar-refractivity contribution in [3.05, 3.63) is 16.0 Å². The second-order valence-electron chi connectivity index (χ2n) is 5.83. The molecular formula is C13H19N3O2S.